The summed E-state index contributed by atoms with van der Waals surface area (Å²) in [6.07, 6.45) is 1.83. The van der Waals surface area contributed by atoms with Crippen LogP contribution in [0.5, 0.6) is 5.75 Å². The number of methoxy groups -OCH3 is 1. The van der Waals surface area contributed by atoms with Gasteiger partial charge >= 0.3 is 0 Å². The summed E-state index contributed by atoms with van der Waals surface area (Å²) >= 11 is 0. The number of hydrogen-bond donors (Lipinski definition) is 1. The zero-order chi connectivity index (χ0) is 15.6. The summed E-state index contributed by atoms with van der Waals surface area (Å²) in [6.45, 7) is 7.54. The third kappa shape index (κ3) is 3.22. The maximum atomic E-state index is 5.56. The molecule has 6 heteroatoms. The van der Waals surface area contributed by atoms with E-state index in [0.717, 1.165) is 31.1 Å². The average molecular weight is 295 g/mol. The molecule has 0 bridgehead atoms. The molecule has 2 heterocycles. The second-order valence-corrected chi connectivity index (χ2v) is 6.21. The topological polar surface area (TPSA) is 45.6 Å². The summed E-state index contributed by atoms with van der Waals surface area (Å²) in [5.41, 5.74) is 1.14. The molecular formula is C15H29N5O. The summed E-state index contributed by atoms with van der Waals surface area (Å²) in [5.74, 6) is 0.865. The number of likely N-dealkylation sites (N-methyl/N-ethyl adjacent to an activating group) is 3. The normalized spacial score (nSPS) is 22.7. The van der Waals surface area contributed by atoms with Crippen molar-refractivity contribution in [3.05, 3.63) is 11.9 Å². The lowest BCUT2D eigenvalue weighted by Crippen LogP contribution is -2.55. The van der Waals surface area contributed by atoms with Crippen LogP contribution < -0.4 is 10.1 Å². The van der Waals surface area contributed by atoms with Crippen molar-refractivity contribution in [2.75, 3.05) is 47.9 Å². The minimum absolute atomic E-state index is 0.192. The van der Waals surface area contributed by atoms with Crippen LogP contribution in [0.4, 0.5) is 0 Å². The fourth-order valence-corrected chi connectivity index (χ4v) is 3.14. The molecule has 1 N–H and O–H groups in total. The van der Waals surface area contributed by atoms with Crippen LogP contribution >= 0.6 is 0 Å². The zero-order valence-corrected chi connectivity index (χ0v) is 14.1. The lowest BCUT2D eigenvalue weighted by molar-refractivity contribution is 0.0862. The zero-order valence-electron chi connectivity index (χ0n) is 14.1. The molecule has 0 aromatic carbocycles. The van der Waals surface area contributed by atoms with E-state index in [-0.39, 0.29) is 6.04 Å². The van der Waals surface area contributed by atoms with Gasteiger partial charge < -0.3 is 15.0 Å². The number of nitrogens with one attached hydrogen (secondary N) is 1. The Balaban J connectivity index is 2.38. The molecule has 1 aromatic heterocycles. The molecule has 2 unspecified atom stereocenters. The van der Waals surface area contributed by atoms with Gasteiger partial charge in [0.15, 0.2) is 5.75 Å². The highest BCUT2D eigenvalue weighted by Gasteiger charge is 2.34. The Morgan fingerprint density at radius 3 is 2.62 bits per heavy atom. The van der Waals surface area contributed by atoms with Gasteiger partial charge in [-0.15, -0.1) is 0 Å². The van der Waals surface area contributed by atoms with E-state index in [1.165, 1.54) is 0 Å². The van der Waals surface area contributed by atoms with Crippen LogP contribution in [0.15, 0.2) is 6.20 Å². The van der Waals surface area contributed by atoms with Crippen LogP contribution in [-0.4, -0.2) is 73.5 Å². The van der Waals surface area contributed by atoms with Crippen LogP contribution in [-0.2, 0) is 0 Å². The summed E-state index contributed by atoms with van der Waals surface area (Å²) in [5, 5.41) is 8.00. The van der Waals surface area contributed by atoms with Gasteiger partial charge in [0, 0.05) is 31.7 Å². The number of piperazine rings is 1. The fraction of sp³-hybridized carbons (Fsp3) is 0.800. The molecule has 1 aromatic rings. The molecule has 120 valence electrons. The Kier molecular flexibility index (Phi) is 5.24. The number of aromatic nitrogens is 2. The summed E-state index contributed by atoms with van der Waals surface area (Å²) in [6, 6.07) is 0.904. The molecule has 0 saturated carbocycles. The van der Waals surface area contributed by atoms with Crippen molar-refractivity contribution in [2.24, 2.45) is 0 Å². The van der Waals surface area contributed by atoms with E-state index in [1.54, 1.807) is 7.11 Å². The largest absolute Gasteiger partial charge is 0.493 e. The van der Waals surface area contributed by atoms with Gasteiger partial charge in [-0.25, -0.2) is 0 Å². The van der Waals surface area contributed by atoms with Gasteiger partial charge in [0.25, 0.3) is 0 Å². The molecule has 2 rings (SSSR count). The van der Waals surface area contributed by atoms with Crippen molar-refractivity contribution < 1.29 is 4.74 Å². The van der Waals surface area contributed by atoms with Crippen molar-refractivity contribution >= 4 is 0 Å². The van der Waals surface area contributed by atoms with E-state index in [0.29, 0.717) is 12.1 Å². The quantitative estimate of drug-likeness (QED) is 0.877. The average Bonchev–Trinajstić information content (AvgIpc) is 2.87. The van der Waals surface area contributed by atoms with Crippen molar-refractivity contribution in [1.29, 1.82) is 0 Å². The van der Waals surface area contributed by atoms with E-state index in [2.05, 4.69) is 52.8 Å². The van der Waals surface area contributed by atoms with Gasteiger partial charge in [-0.2, -0.15) is 5.10 Å². The molecule has 1 fully saturated rings. The van der Waals surface area contributed by atoms with Crippen molar-refractivity contribution in [2.45, 2.75) is 32.0 Å². The standard InChI is InChI=1S/C15H29N5O/c1-11(2)20-15(13(21-6)9-17-20)14(16-3)12-10-18(4)7-8-19(12)5/h9,11-12,14,16H,7-8,10H2,1-6H3. The van der Waals surface area contributed by atoms with Gasteiger partial charge in [-0.3, -0.25) is 9.58 Å². The minimum Gasteiger partial charge on any atom is -0.493 e. The Morgan fingerprint density at radius 2 is 2.05 bits per heavy atom. The van der Waals surface area contributed by atoms with Gasteiger partial charge in [-0.05, 0) is 35.0 Å². The Morgan fingerprint density at radius 1 is 1.33 bits per heavy atom. The predicted octanol–water partition coefficient (Wildman–Crippen LogP) is 0.979. The number of ether oxygens (including phenoxy) is 1. The molecule has 21 heavy (non-hydrogen) atoms. The predicted molar refractivity (Wildman–Crippen MR) is 84.9 cm³/mol. The fourth-order valence-electron chi connectivity index (χ4n) is 3.14. The van der Waals surface area contributed by atoms with E-state index < -0.39 is 0 Å². The maximum Gasteiger partial charge on any atom is 0.161 e. The van der Waals surface area contributed by atoms with Crippen molar-refractivity contribution in [3.63, 3.8) is 0 Å². The molecule has 0 spiro atoms. The first-order valence-electron chi connectivity index (χ1n) is 7.67. The molecule has 1 saturated heterocycles. The SMILES string of the molecule is CNC(c1c(OC)cnn1C(C)C)C1CN(C)CCN1C. The first kappa shape index (κ1) is 16.3. The van der Waals surface area contributed by atoms with E-state index in [4.69, 9.17) is 4.74 Å². The first-order valence-corrected chi connectivity index (χ1v) is 7.67. The highest BCUT2D eigenvalue weighted by atomic mass is 16.5. The monoisotopic (exact) mass is 295 g/mol. The van der Waals surface area contributed by atoms with Crippen LogP contribution in [0, 0.1) is 0 Å². The third-order valence-electron chi connectivity index (χ3n) is 4.40. The second kappa shape index (κ2) is 6.77. The molecule has 0 radical (unpaired) electrons. The summed E-state index contributed by atoms with van der Waals surface area (Å²) in [4.78, 5) is 4.82. The minimum atomic E-state index is 0.192. The lowest BCUT2D eigenvalue weighted by atomic mass is 10.00. The smallest absolute Gasteiger partial charge is 0.161 e. The molecule has 2 atom stereocenters. The summed E-state index contributed by atoms with van der Waals surface area (Å²) < 4.78 is 7.63. The second-order valence-electron chi connectivity index (χ2n) is 6.21. The Hall–Kier alpha value is -1.11. The Bertz CT molecular complexity index is 459. The van der Waals surface area contributed by atoms with E-state index in [1.807, 2.05) is 13.2 Å². The van der Waals surface area contributed by atoms with Crippen LogP contribution in [0.3, 0.4) is 0 Å². The van der Waals surface area contributed by atoms with Gasteiger partial charge in [0.2, 0.25) is 0 Å². The van der Waals surface area contributed by atoms with Crippen molar-refractivity contribution in [3.8, 4) is 5.75 Å². The third-order valence-corrected chi connectivity index (χ3v) is 4.40. The van der Waals surface area contributed by atoms with E-state index in [9.17, 15) is 0 Å². The Labute approximate surface area is 128 Å². The van der Waals surface area contributed by atoms with Gasteiger partial charge in [0.1, 0.15) is 0 Å². The van der Waals surface area contributed by atoms with Gasteiger partial charge in [-0.1, -0.05) is 0 Å². The maximum absolute atomic E-state index is 5.56. The molecule has 6 nitrogen and oxygen atoms in total. The van der Waals surface area contributed by atoms with E-state index >= 15 is 0 Å². The number of nitrogens with zero attached hydrogens (tertiary/aromatic N) is 4. The molecule has 1 aliphatic heterocycles. The summed E-state index contributed by atoms with van der Waals surface area (Å²) in [7, 11) is 8.12. The first-order chi connectivity index (χ1) is 9.99. The highest BCUT2D eigenvalue weighted by molar-refractivity contribution is 5.30. The van der Waals surface area contributed by atoms with Crippen LogP contribution in [0.1, 0.15) is 31.6 Å². The molecule has 1 aliphatic rings. The van der Waals surface area contributed by atoms with Crippen LogP contribution in [0.25, 0.3) is 0 Å². The van der Waals surface area contributed by atoms with Crippen molar-refractivity contribution in [1.82, 2.24) is 24.9 Å². The lowest BCUT2D eigenvalue weighted by Gasteiger charge is -2.42. The number of rotatable bonds is 5. The van der Waals surface area contributed by atoms with Crippen LogP contribution in [0.2, 0.25) is 0 Å². The molecular weight excluding hydrogens is 266 g/mol. The van der Waals surface area contributed by atoms with Gasteiger partial charge in [0.05, 0.1) is 25.0 Å². The highest BCUT2D eigenvalue weighted by Crippen LogP contribution is 2.31. The molecule has 0 amide bonds. The molecule has 0 aliphatic carbocycles. The number of hydrogen-bond acceptors (Lipinski definition) is 5.